The number of piperidine rings is 1. The highest BCUT2D eigenvalue weighted by molar-refractivity contribution is 5.97. The number of hydrogen-bond acceptors (Lipinski definition) is 3. The molecule has 3 rings (SSSR count). The van der Waals surface area contributed by atoms with Crippen molar-refractivity contribution in [3.05, 3.63) is 47.5 Å². The number of nitrogens with zero attached hydrogens (tertiary/aromatic N) is 2. The zero-order valence-electron chi connectivity index (χ0n) is 16.2. The van der Waals surface area contributed by atoms with Crippen LogP contribution in [0.2, 0.25) is 0 Å². The monoisotopic (exact) mass is 354 g/mol. The van der Waals surface area contributed by atoms with Crippen LogP contribution in [0.15, 0.2) is 30.7 Å². The van der Waals surface area contributed by atoms with E-state index in [-0.39, 0.29) is 5.91 Å². The minimum atomic E-state index is 0.145. The Labute approximate surface area is 156 Å². The zero-order valence-corrected chi connectivity index (χ0v) is 16.2. The predicted octanol–water partition coefficient (Wildman–Crippen LogP) is 4.19. The Morgan fingerprint density at radius 2 is 2.00 bits per heavy atom. The quantitative estimate of drug-likeness (QED) is 0.846. The van der Waals surface area contributed by atoms with Crippen molar-refractivity contribution < 1.29 is 4.79 Å². The van der Waals surface area contributed by atoms with Gasteiger partial charge in [0.2, 0.25) is 0 Å². The summed E-state index contributed by atoms with van der Waals surface area (Å²) in [5.41, 5.74) is 4.10. The summed E-state index contributed by atoms with van der Waals surface area (Å²) in [6, 6.07) is 6.36. The first-order chi connectivity index (χ1) is 12.5. The molecule has 140 valence electrons. The Morgan fingerprint density at radius 3 is 2.62 bits per heavy atom. The Balaban J connectivity index is 1.68. The number of rotatable bonds is 5. The number of amides is 1. The number of H-pyrrole nitrogens is 1. The highest BCUT2D eigenvalue weighted by Gasteiger charge is 2.26. The number of nitrogens with one attached hydrogen (secondary N) is 2. The van der Waals surface area contributed by atoms with E-state index >= 15 is 0 Å². The van der Waals surface area contributed by atoms with Gasteiger partial charge in [0.15, 0.2) is 0 Å². The van der Waals surface area contributed by atoms with E-state index in [0.29, 0.717) is 17.9 Å². The third kappa shape index (κ3) is 3.92. The van der Waals surface area contributed by atoms with Gasteiger partial charge in [-0.05, 0) is 50.3 Å². The summed E-state index contributed by atoms with van der Waals surface area (Å²) in [7, 11) is 0. The summed E-state index contributed by atoms with van der Waals surface area (Å²) in [6.07, 6.45) is 5.59. The van der Waals surface area contributed by atoms with Gasteiger partial charge in [0.1, 0.15) is 0 Å². The number of carbonyl (C=O) groups excluding carboxylic acids is 1. The Morgan fingerprint density at radius 1 is 1.27 bits per heavy atom. The molecule has 2 aromatic rings. The topological polar surface area (TPSA) is 61.0 Å². The van der Waals surface area contributed by atoms with E-state index in [0.717, 1.165) is 42.7 Å². The number of hydrogen-bond donors (Lipinski definition) is 2. The third-order valence-corrected chi connectivity index (χ3v) is 5.69. The fraction of sp³-hybridized carbons (Fsp3) is 0.524. The molecule has 1 aliphatic rings. The molecular formula is C21H30N4O. The van der Waals surface area contributed by atoms with Crippen molar-refractivity contribution in [2.24, 2.45) is 5.92 Å². The molecule has 2 N–H and O–H groups in total. The highest BCUT2D eigenvalue weighted by Crippen LogP contribution is 2.28. The Kier molecular flexibility index (Phi) is 5.64. The summed E-state index contributed by atoms with van der Waals surface area (Å²) in [5, 5.41) is 3.55. The van der Waals surface area contributed by atoms with Gasteiger partial charge in [-0.25, -0.2) is 4.98 Å². The Hall–Kier alpha value is -2.30. The number of imidazole rings is 1. The van der Waals surface area contributed by atoms with Gasteiger partial charge in [-0.2, -0.15) is 0 Å². The Bertz CT molecular complexity index is 730. The molecule has 1 saturated heterocycles. The normalized spacial score (nSPS) is 16.7. The lowest BCUT2D eigenvalue weighted by molar-refractivity contribution is 0.0711. The van der Waals surface area contributed by atoms with Crippen LogP contribution in [0.25, 0.3) is 0 Å². The first kappa shape index (κ1) is 18.5. The zero-order chi connectivity index (χ0) is 18.7. The minimum Gasteiger partial charge on any atom is -0.382 e. The summed E-state index contributed by atoms with van der Waals surface area (Å²) in [4.78, 5) is 22.4. The summed E-state index contributed by atoms with van der Waals surface area (Å²) in [5.74, 6) is 1.16. The van der Waals surface area contributed by atoms with Gasteiger partial charge in [-0.3, -0.25) is 4.79 Å². The van der Waals surface area contributed by atoms with Crippen molar-refractivity contribution in [3.8, 4) is 0 Å². The average molecular weight is 354 g/mol. The van der Waals surface area contributed by atoms with Crippen LogP contribution in [0.4, 0.5) is 5.69 Å². The highest BCUT2D eigenvalue weighted by atomic mass is 16.2. The molecule has 1 aliphatic heterocycles. The van der Waals surface area contributed by atoms with Crippen LogP contribution in [-0.2, 0) is 0 Å². The molecule has 0 aliphatic carbocycles. The lowest BCUT2D eigenvalue weighted by atomic mass is 9.93. The molecule has 2 heterocycles. The molecule has 1 unspecified atom stereocenters. The van der Waals surface area contributed by atoms with Gasteiger partial charge in [0.25, 0.3) is 5.91 Å². The van der Waals surface area contributed by atoms with Crippen LogP contribution in [0.1, 0.15) is 61.1 Å². The van der Waals surface area contributed by atoms with Crippen molar-refractivity contribution in [1.82, 2.24) is 14.9 Å². The molecule has 1 atom stereocenters. The van der Waals surface area contributed by atoms with E-state index in [1.165, 1.54) is 5.69 Å². The summed E-state index contributed by atoms with van der Waals surface area (Å²) >= 11 is 0. The van der Waals surface area contributed by atoms with Gasteiger partial charge in [0.05, 0.1) is 6.33 Å². The lowest BCUT2D eigenvalue weighted by Gasteiger charge is -2.32. The molecule has 0 radical (unpaired) electrons. The second-order valence-corrected chi connectivity index (χ2v) is 7.73. The van der Waals surface area contributed by atoms with Gasteiger partial charge in [0, 0.05) is 48.2 Å². The summed E-state index contributed by atoms with van der Waals surface area (Å²) in [6.45, 7) is 10.2. The minimum absolute atomic E-state index is 0.145. The molecule has 5 nitrogen and oxygen atoms in total. The van der Waals surface area contributed by atoms with Crippen molar-refractivity contribution in [2.75, 3.05) is 18.4 Å². The van der Waals surface area contributed by atoms with E-state index < -0.39 is 0 Å². The number of aromatic nitrogens is 2. The van der Waals surface area contributed by atoms with Crippen molar-refractivity contribution in [2.45, 2.75) is 52.5 Å². The average Bonchev–Trinajstić information content (AvgIpc) is 3.17. The van der Waals surface area contributed by atoms with E-state index in [2.05, 4.69) is 42.1 Å². The molecule has 0 saturated carbocycles. The van der Waals surface area contributed by atoms with Gasteiger partial charge < -0.3 is 15.2 Å². The third-order valence-electron chi connectivity index (χ3n) is 5.69. The van der Waals surface area contributed by atoms with E-state index in [1.54, 1.807) is 6.33 Å². The van der Waals surface area contributed by atoms with Crippen molar-refractivity contribution >= 4 is 11.6 Å². The number of likely N-dealkylation sites (tertiary alicyclic amines) is 1. The van der Waals surface area contributed by atoms with Crippen LogP contribution >= 0.6 is 0 Å². The van der Waals surface area contributed by atoms with Crippen LogP contribution in [-0.4, -0.2) is 39.9 Å². The number of benzene rings is 1. The first-order valence-corrected chi connectivity index (χ1v) is 9.61. The van der Waals surface area contributed by atoms with Crippen LogP contribution in [0, 0.1) is 12.8 Å². The smallest absolute Gasteiger partial charge is 0.254 e. The number of aromatic amines is 1. The molecule has 5 heteroatoms. The lowest BCUT2D eigenvalue weighted by Crippen LogP contribution is -2.38. The van der Waals surface area contributed by atoms with Crippen molar-refractivity contribution in [1.29, 1.82) is 0 Å². The number of anilines is 1. The van der Waals surface area contributed by atoms with Gasteiger partial charge in [-0.1, -0.05) is 19.9 Å². The van der Waals surface area contributed by atoms with E-state index in [9.17, 15) is 4.79 Å². The maximum atomic E-state index is 13.1. The van der Waals surface area contributed by atoms with Crippen molar-refractivity contribution in [3.63, 3.8) is 0 Å². The number of carbonyl (C=O) groups is 1. The second-order valence-electron chi connectivity index (χ2n) is 7.73. The van der Waals surface area contributed by atoms with Crippen LogP contribution < -0.4 is 5.32 Å². The standard InChI is InChI=1S/C21H30N4O/c1-14(2)16(4)24-19-7-5-6-18(15(19)3)21(26)25-10-8-17(9-11-25)20-12-22-13-23-20/h5-7,12-14,16-17,24H,8-11H2,1-4H3,(H,22,23). The predicted molar refractivity (Wildman–Crippen MR) is 106 cm³/mol. The second kappa shape index (κ2) is 7.94. The molecule has 26 heavy (non-hydrogen) atoms. The fourth-order valence-electron chi connectivity index (χ4n) is 3.49. The van der Waals surface area contributed by atoms with E-state index in [1.807, 2.05) is 30.2 Å². The fourth-order valence-corrected chi connectivity index (χ4v) is 3.49. The molecule has 0 spiro atoms. The maximum Gasteiger partial charge on any atom is 0.254 e. The molecule has 1 amide bonds. The van der Waals surface area contributed by atoms with Gasteiger partial charge >= 0.3 is 0 Å². The summed E-state index contributed by atoms with van der Waals surface area (Å²) < 4.78 is 0. The van der Waals surface area contributed by atoms with Crippen LogP contribution in [0.3, 0.4) is 0 Å². The molecule has 1 aromatic heterocycles. The first-order valence-electron chi connectivity index (χ1n) is 9.61. The molecule has 1 aromatic carbocycles. The van der Waals surface area contributed by atoms with Crippen LogP contribution in [0.5, 0.6) is 0 Å². The SMILES string of the molecule is Cc1c(NC(C)C(C)C)cccc1C(=O)N1CCC(c2cnc[nH]2)CC1. The molecule has 1 fully saturated rings. The molecule has 0 bridgehead atoms. The largest absolute Gasteiger partial charge is 0.382 e. The molecular weight excluding hydrogens is 324 g/mol. The van der Waals surface area contributed by atoms with Gasteiger partial charge in [-0.15, -0.1) is 0 Å². The maximum absolute atomic E-state index is 13.1. The van der Waals surface area contributed by atoms with E-state index in [4.69, 9.17) is 0 Å².